The number of hydrogen-bond donors (Lipinski definition) is 0. The molecule has 0 N–H and O–H groups in total. The van der Waals surface area contributed by atoms with Gasteiger partial charge in [-0.15, -0.1) is 11.3 Å². The van der Waals surface area contributed by atoms with Gasteiger partial charge >= 0.3 is 0 Å². The van der Waals surface area contributed by atoms with Crippen LogP contribution in [0.1, 0.15) is 22.6 Å². The van der Waals surface area contributed by atoms with Crippen LogP contribution >= 0.6 is 11.3 Å². The third-order valence-electron chi connectivity index (χ3n) is 2.13. The van der Waals surface area contributed by atoms with Gasteiger partial charge in [-0.05, 0) is 26.0 Å². The molecule has 0 aliphatic rings. The molecule has 2 nitrogen and oxygen atoms in total. The molecule has 0 aromatic carbocycles. The molecular formula is C10H9F2NOS. The molecule has 0 spiro atoms. The Morgan fingerprint density at radius 1 is 1.33 bits per heavy atom. The van der Waals surface area contributed by atoms with Crippen molar-refractivity contribution in [1.29, 1.82) is 0 Å². The highest BCUT2D eigenvalue weighted by atomic mass is 32.1. The van der Waals surface area contributed by atoms with Crippen molar-refractivity contribution in [1.82, 2.24) is 5.16 Å². The molecule has 0 unspecified atom stereocenters. The largest absolute Gasteiger partial charge is 0.354 e. The van der Waals surface area contributed by atoms with Crippen LogP contribution in [0.5, 0.6) is 0 Å². The first-order valence-electron chi connectivity index (χ1n) is 4.40. The average Bonchev–Trinajstić information content (AvgIpc) is 2.71. The lowest BCUT2D eigenvalue weighted by Gasteiger charge is -1.93. The lowest BCUT2D eigenvalue weighted by Crippen LogP contribution is -1.83. The first kappa shape index (κ1) is 10.3. The van der Waals surface area contributed by atoms with Crippen molar-refractivity contribution in [2.45, 2.75) is 20.3 Å². The number of thiophene rings is 1. The van der Waals surface area contributed by atoms with Crippen molar-refractivity contribution in [3.8, 4) is 10.6 Å². The van der Waals surface area contributed by atoms with Gasteiger partial charge in [0.25, 0.3) is 6.43 Å². The predicted octanol–water partition coefficient (Wildman–Crippen LogP) is 3.96. The molecule has 15 heavy (non-hydrogen) atoms. The minimum absolute atomic E-state index is 0.337. The molecule has 5 heteroatoms. The second kappa shape index (κ2) is 3.73. The highest BCUT2D eigenvalue weighted by Crippen LogP contribution is 2.33. The SMILES string of the molecule is Cc1ccc(-c2noc(C(F)F)c2C)s1. The Balaban J connectivity index is 2.46. The average molecular weight is 229 g/mol. The fourth-order valence-electron chi connectivity index (χ4n) is 1.34. The minimum Gasteiger partial charge on any atom is -0.354 e. The number of halogens is 2. The molecule has 0 saturated heterocycles. The minimum atomic E-state index is -2.60. The molecule has 2 heterocycles. The first-order chi connectivity index (χ1) is 7.09. The van der Waals surface area contributed by atoms with Crippen molar-refractivity contribution in [2.24, 2.45) is 0 Å². The summed E-state index contributed by atoms with van der Waals surface area (Å²) in [7, 11) is 0. The third kappa shape index (κ3) is 1.79. The lowest BCUT2D eigenvalue weighted by atomic mass is 10.2. The summed E-state index contributed by atoms with van der Waals surface area (Å²) in [5, 5.41) is 3.68. The van der Waals surface area contributed by atoms with Crippen LogP contribution in [-0.4, -0.2) is 5.16 Å². The van der Waals surface area contributed by atoms with E-state index in [9.17, 15) is 8.78 Å². The molecule has 2 rings (SSSR count). The zero-order valence-electron chi connectivity index (χ0n) is 8.25. The van der Waals surface area contributed by atoms with Crippen LogP contribution in [-0.2, 0) is 0 Å². The molecule has 2 aromatic rings. The van der Waals surface area contributed by atoms with Crippen molar-refractivity contribution in [3.63, 3.8) is 0 Å². The molecule has 0 fully saturated rings. The smallest absolute Gasteiger partial charge is 0.298 e. The Hall–Kier alpha value is -1.23. The number of hydrogen-bond acceptors (Lipinski definition) is 3. The summed E-state index contributed by atoms with van der Waals surface area (Å²) in [6.07, 6.45) is -2.60. The standard InChI is InChI=1S/C10H9F2NOS/c1-5-3-4-7(15-5)8-6(2)9(10(11)12)14-13-8/h3-4,10H,1-2H3. The summed E-state index contributed by atoms with van der Waals surface area (Å²) in [5.74, 6) is -0.337. The van der Waals surface area contributed by atoms with Gasteiger partial charge in [0.2, 0.25) is 5.76 Å². The van der Waals surface area contributed by atoms with E-state index in [2.05, 4.69) is 9.68 Å². The first-order valence-corrected chi connectivity index (χ1v) is 5.22. The van der Waals surface area contributed by atoms with Crippen LogP contribution in [0.15, 0.2) is 16.7 Å². The Morgan fingerprint density at radius 3 is 2.53 bits per heavy atom. The predicted molar refractivity (Wildman–Crippen MR) is 54.2 cm³/mol. The summed E-state index contributed by atoms with van der Waals surface area (Å²) in [6.45, 7) is 3.56. The zero-order chi connectivity index (χ0) is 11.0. The highest BCUT2D eigenvalue weighted by Gasteiger charge is 2.21. The van der Waals surface area contributed by atoms with Gasteiger partial charge in [-0.3, -0.25) is 0 Å². The van der Waals surface area contributed by atoms with Crippen molar-refractivity contribution >= 4 is 11.3 Å². The maximum atomic E-state index is 12.4. The quantitative estimate of drug-likeness (QED) is 0.779. The van der Waals surface area contributed by atoms with Gasteiger partial charge in [0.15, 0.2) is 0 Å². The summed E-state index contributed by atoms with van der Waals surface area (Å²) in [5.41, 5.74) is 0.940. The molecule has 0 aliphatic heterocycles. The van der Waals surface area contributed by atoms with Gasteiger partial charge in [0, 0.05) is 10.4 Å². The Labute approximate surface area is 89.5 Å². The number of alkyl halides is 2. The van der Waals surface area contributed by atoms with Gasteiger partial charge in [-0.1, -0.05) is 5.16 Å². The summed E-state index contributed by atoms with van der Waals surface area (Å²) < 4.78 is 29.5. The summed E-state index contributed by atoms with van der Waals surface area (Å²) in [6, 6.07) is 3.79. The van der Waals surface area contributed by atoms with Gasteiger partial charge in [0.05, 0.1) is 4.88 Å². The highest BCUT2D eigenvalue weighted by molar-refractivity contribution is 7.15. The second-order valence-corrected chi connectivity index (χ2v) is 4.52. The van der Waals surface area contributed by atoms with Crippen molar-refractivity contribution in [3.05, 3.63) is 28.3 Å². The molecular weight excluding hydrogens is 220 g/mol. The van der Waals surface area contributed by atoms with Crippen LogP contribution < -0.4 is 0 Å². The van der Waals surface area contributed by atoms with E-state index < -0.39 is 6.43 Å². The van der Waals surface area contributed by atoms with Crippen LogP contribution in [0, 0.1) is 13.8 Å². The molecule has 80 valence electrons. The van der Waals surface area contributed by atoms with Gasteiger partial charge in [-0.25, -0.2) is 8.78 Å². The summed E-state index contributed by atoms with van der Waals surface area (Å²) in [4.78, 5) is 1.98. The number of nitrogens with zero attached hydrogens (tertiary/aromatic N) is 1. The summed E-state index contributed by atoms with van der Waals surface area (Å²) >= 11 is 1.51. The number of aromatic nitrogens is 1. The molecule has 0 radical (unpaired) electrons. The van der Waals surface area contributed by atoms with E-state index in [1.54, 1.807) is 6.92 Å². The van der Waals surface area contributed by atoms with Crippen LogP contribution in [0.25, 0.3) is 10.6 Å². The zero-order valence-corrected chi connectivity index (χ0v) is 9.07. The number of rotatable bonds is 2. The fraction of sp³-hybridized carbons (Fsp3) is 0.300. The van der Waals surface area contributed by atoms with Crippen LogP contribution in [0.3, 0.4) is 0 Å². The van der Waals surface area contributed by atoms with E-state index >= 15 is 0 Å². The molecule has 0 saturated carbocycles. The van der Waals surface area contributed by atoms with Crippen LogP contribution in [0.4, 0.5) is 8.78 Å². The monoisotopic (exact) mass is 229 g/mol. The van der Waals surface area contributed by atoms with Gasteiger partial charge < -0.3 is 4.52 Å². The van der Waals surface area contributed by atoms with Gasteiger partial charge in [-0.2, -0.15) is 0 Å². The normalized spacial score (nSPS) is 11.3. The van der Waals surface area contributed by atoms with E-state index in [-0.39, 0.29) is 5.76 Å². The van der Waals surface area contributed by atoms with Crippen molar-refractivity contribution < 1.29 is 13.3 Å². The van der Waals surface area contributed by atoms with Gasteiger partial charge in [0.1, 0.15) is 5.69 Å². The number of aryl methyl sites for hydroxylation is 1. The maximum absolute atomic E-state index is 12.4. The molecule has 0 atom stereocenters. The molecule has 0 amide bonds. The molecule has 0 aliphatic carbocycles. The van der Waals surface area contributed by atoms with E-state index in [0.29, 0.717) is 11.3 Å². The second-order valence-electron chi connectivity index (χ2n) is 3.23. The van der Waals surface area contributed by atoms with Crippen molar-refractivity contribution in [2.75, 3.05) is 0 Å². The molecule has 0 bridgehead atoms. The third-order valence-corrected chi connectivity index (χ3v) is 3.14. The Bertz CT molecular complexity index is 475. The van der Waals surface area contributed by atoms with E-state index in [1.165, 1.54) is 11.3 Å². The fourth-order valence-corrected chi connectivity index (χ4v) is 2.25. The lowest BCUT2D eigenvalue weighted by molar-refractivity contribution is 0.111. The van der Waals surface area contributed by atoms with Crippen LogP contribution in [0.2, 0.25) is 0 Å². The maximum Gasteiger partial charge on any atom is 0.298 e. The van der Waals surface area contributed by atoms with E-state index in [1.807, 2.05) is 19.1 Å². The van der Waals surface area contributed by atoms with E-state index in [0.717, 1.165) is 9.75 Å². The van der Waals surface area contributed by atoms with E-state index in [4.69, 9.17) is 0 Å². The molecule has 2 aromatic heterocycles. The Kier molecular flexibility index (Phi) is 2.56. The topological polar surface area (TPSA) is 26.0 Å². The Morgan fingerprint density at radius 2 is 2.07 bits per heavy atom.